The number of amides is 1. The number of sulfonamides is 1. The van der Waals surface area contributed by atoms with Crippen LogP contribution < -0.4 is 9.62 Å². The molecule has 0 saturated carbocycles. The van der Waals surface area contributed by atoms with Crippen LogP contribution in [0, 0.1) is 20.8 Å². The molecule has 1 atom stereocenters. The topological polar surface area (TPSA) is 66.5 Å². The van der Waals surface area contributed by atoms with E-state index in [0.29, 0.717) is 13.0 Å². The molecule has 0 bridgehead atoms. The molecule has 1 amide bonds. The van der Waals surface area contributed by atoms with Gasteiger partial charge in [0.2, 0.25) is 15.9 Å². The van der Waals surface area contributed by atoms with Gasteiger partial charge >= 0.3 is 0 Å². The normalized spacial score (nSPS) is 18.0. The first kappa shape index (κ1) is 17.6. The summed E-state index contributed by atoms with van der Waals surface area (Å²) >= 11 is 0. The molecular formula is C19H22N2O3S. The van der Waals surface area contributed by atoms with Crippen molar-refractivity contribution in [3.63, 3.8) is 0 Å². The number of nitrogens with zero attached hydrogens (tertiary/aromatic N) is 1. The molecule has 132 valence electrons. The summed E-state index contributed by atoms with van der Waals surface area (Å²) in [5.74, 6) is -0.212. The molecule has 25 heavy (non-hydrogen) atoms. The second kappa shape index (κ2) is 6.61. The van der Waals surface area contributed by atoms with E-state index in [0.717, 1.165) is 22.4 Å². The van der Waals surface area contributed by atoms with Crippen molar-refractivity contribution in [3.05, 3.63) is 59.2 Å². The molecule has 1 heterocycles. The maximum atomic E-state index is 12.6. The molecule has 0 unspecified atom stereocenters. The Hall–Kier alpha value is -2.18. The van der Waals surface area contributed by atoms with Gasteiger partial charge < -0.3 is 4.90 Å². The molecule has 1 saturated heterocycles. The third-order valence-electron chi connectivity index (χ3n) is 4.64. The Morgan fingerprint density at radius 1 is 1.00 bits per heavy atom. The van der Waals surface area contributed by atoms with E-state index in [2.05, 4.69) is 4.72 Å². The second-order valence-electron chi connectivity index (χ2n) is 6.53. The Morgan fingerprint density at radius 3 is 2.32 bits per heavy atom. The van der Waals surface area contributed by atoms with Gasteiger partial charge in [0.05, 0.1) is 4.90 Å². The summed E-state index contributed by atoms with van der Waals surface area (Å²) in [5.41, 5.74) is 3.84. The average molecular weight is 358 g/mol. The second-order valence-corrected chi connectivity index (χ2v) is 8.25. The van der Waals surface area contributed by atoms with Gasteiger partial charge in [-0.05, 0) is 62.6 Å². The number of carbonyl (C=O) groups is 1. The first-order chi connectivity index (χ1) is 11.8. The molecule has 1 fully saturated rings. The summed E-state index contributed by atoms with van der Waals surface area (Å²) in [6.07, 6.45) is 0.455. The molecule has 3 rings (SSSR count). The number of rotatable bonds is 4. The highest BCUT2D eigenvalue weighted by Gasteiger charge is 2.35. The molecule has 0 radical (unpaired) electrons. The Labute approximate surface area is 148 Å². The monoisotopic (exact) mass is 358 g/mol. The van der Waals surface area contributed by atoms with E-state index in [4.69, 9.17) is 0 Å². The zero-order chi connectivity index (χ0) is 18.2. The van der Waals surface area contributed by atoms with Crippen LogP contribution in [0.4, 0.5) is 5.69 Å². The van der Waals surface area contributed by atoms with E-state index < -0.39 is 16.1 Å². The highest BCUT2D eigenvalue weighted by Crippen LogP contribution is 2.23. The van der Waals surface area contributed by atoms with Crippen LogP contribution >= 0.6 is 0 Å². The molecule has 2 aromatic rings. The van der Waals surface area contributed by atoms with Gasteiger partial charge in [0.15, 0.2) is 0 Å². The molecule has 0 spiro atoms. The number of nitrogens with one attached hydrogen (secondary N) is 1. The average Bonchev–Trinajstić information content (AvgIpc) is 2.91. The van der Waals surface area contributed by atoms with E-state index in [9.17, 15) is 13.2 Å². The highest BCUT2D eigenvalue weighted by atomic mass is 32.2. The van der Waals surface area contributed by atoms with Crippen molar-refractivity contribution in [3.8, 4) is 0 Å². The highest BCUT2D eigenvalue weighted by molar-refractivity contribution is 7.89. The Kier molecular flexibility index (Phi) is 4.67. The fourth-order valence-electron chi connectivity index (χ4n) is 2.91. The minimum absolute atomic E-state index is 0.192. The van der Waals surface area contributed by atoms with Gasteiger partial charge in [-0.1, -0.05) is 23.8 Å². The summed E-state index contributed by atoms with van der Waals surface area (Å²) in [6, 6.07) is 11.9. The lowest BCUT2D eigenvalue weighted by atomic mass is 10.1. The molecule has 6 heteroatoms. The number of benzene rings is 2. The minimum Gasteiger partial charge on any atom is -0.311 e. The van der Waals surface area contributed by atoms with Crippen LogP contribution in [0.2, 0.25) is 0 Å². The van der Waals surface area contributed by atoms with E-state index in [1.165, 1.54) is 0 Å². The van der Waals surface area contributed by atoms with Crippen LogP contribution in [-0.4, -0.2) is 26.9 Å². The maximum absolute atomic E-state index is 12.6. The van der Waals surface area contributed by atoms with E-state index in [1.54, 1.807) is 23.1 Å². The summed E-state index contributed by atoms with van der Waals surface area (Å²) in [7, 11) is -3.73. The van der Waals surface area contributed by atoms with Gasteiger partial charge in [-0.2, -0.15) is 4.72 Å². The summed E-state index contributed by atoms with van der Waals surface area (Å²) in [4.78, 5) is 14.4. The predicted octanol–water partition coefficient (Wildman–Crippen LogP) is 2.70. The van der Waals surface area contributed by atoms with Gasteiger partial charge in [-0.3, -0.25) is 4.79 Å². The summed E-state index contributed by atoms with van der Waals surface area (Å²) in [6.45, 7) is 6.28. The number of carbonyl (C=O) groups excluding carboxylic acids is 1. The number of hydrogen-bond donors (Lipinski definition) is 1. The molecule has 0 aromatic heterocycles. The lowest BCUT2D eigenvalue weighted by molar-refractivity contribution is -0.118. The van der Waals surface area contributed by atoms with Gasteiger partial charge in [0, 0.05) is 12.2 Å². The number of hydrogen-bond acceptors (Lipinski definition) is 3. The standard InChI is InChI=1S/C19H22N2O3S/c1-13-4-7-16(8-5-13)21-11-10-18(19(21)22)20-25(23,24)17-9-6-14(2)15(3)12-17/h4-9,12,18,20H,10-11H2,1-3H3/t18-/m1/s1. The Morgan fingerprint density at radius 2 is 1.68 bits per heavy atom. The Balaban J connectivity index is 1.78. The third-order valence-corrected chi connectivity index (χ3v) is 6.11. The van der Waals surface area contributed by atoms with E-state index in [1.807, 2.05) is 45.0 Å². The van der Waals surface area contributed by atoms with Crippen LogP contribution in [0.3, 0.4) is 0 Å². The lowest BCUT2D eigenvalue weighted by Crippen LogP contribution is -2.41. The molecule has 2 aromatic carbocycles. The summed E-state index contributed by atoms with van der Waals surface area (Å²) < 4.78 is 27.8. The largest absolute Gasteiger partial charge is 0.311 e. The van der Waals surface area contributed by atoms with Crippen molar-refractivity contribution in [2.45, 2.75) is 38.1 Å². The van der Waals surface area contributed by atoms with Crippen LogP contribution in [-0.2, 0) is 14.8 Å². The molecule has 1 aliphatic rings. The predicted molar refractivity (Wildman–Crippen MR) is 98.2 cm³/mol. The van der Waals surface area contributed by atoms with Crippen molar-refractivity contribution >= 4 is 21.6 Å². The van der Waals surface area contributed by atoms with Crippen LogP contribution in [0.5, 0.6) is 0 Å². The Bertz CT molecular complexity index is 905. The van der Waals surface area contributed by atoms with Crippen molar-refractivity contribution in [2.24, 2.45) is 0 Å². The zero-order valence-electron chi connectivity index (χ0n) is 14.6. The number of aryl methyl sites for hydroxylation is 3. The van der Waals surface area contributed by atoms with Gasteiger partial charge in [0.25, 0.3) is 0 Å². The number of anilines is 1. The first-order valence-corrected chi connectivity index (χ1v) is 9.74. The van der Waals surface area contributed by atoms with Crippen LogP contribution in [0.15, 0.2) is 47.4 Å². The molecule has 5 nitrogen and oxygen atoms in total. The van der Waals surface area contributed by atoms with E-state index >= 15 is 0 Å². The quantitative estimate of drug-likeness (QED) is 0.914. The first-order valence-electron chi connectivity index (χ1n) is 8.25. The smallest absolute Gasteiger partial charge is 0.245 e. The lowest BCUT2D eigenvalue weighted by Gasteiger charge is -2.17. The van der Waals surface area contributed by atoms with Gasteiger partial charge in [-0.25, -0.2) is 8.42 Å². The maximum Gasteiger partial charge on any atom is 0.245 e. The fourth-order valence-corrected chi connectivity index (χ4v) is 4.22. The van der Waals surface area contributed by atoms with Crippen molar-refractivity contribution in [2.75, 3.05) is 11.4 Å². The van der Waals surface area contributed by atoms with Gasteiger partial charge in [-0.15, -0.1) is 0 Å². The van der Waals surface area contributed by atoms with Crippen molar-refractivity contribution < 1.29 is 13.2 Å². The molecule has 1 aliphatic heterocycles. The fraction of sp³-hybridized carbons (Fsp3) is 0.316. The SMILES string of the molecule is Cc1ccc(N2CC[C@@H](NS(=O)(=O)c3ccc(C)c(C)c3)C2=O)cc1. The zero-order valence-corrected chi connectivity index (χ0v) is 15.4. The molecule has 0 aliphatic carbocycles. The molecule has 1 N–H and O–H groups in total. The van der Waals surface area contributed by atoms with Crippen LogP contribution in [0.25, 0.3) is 0 Å². The van der Waals surface area contributed by atoms with Gasteiger partial charge in [0.1, 0.15) is 6.04 Å². The minimum atomic E-state index is -3.73. The summed E-state index contributed by atoms with van der Waals surface area (Å²) in [5, 5.41) is 0. The van der Waals surface area contributed by atoms with Crippen LogP contribution in [0.1, 0.15) is 23.1 Å². The van der Waals surface area contributed by atoms with Crippen molar-refractivity contribution in [1.82, 2.24) is 4.72 Å². The van der Waals surface area contributed by atoms with Crippen molar-refractivity contribution in [1.29, 1.82) is 0 Å². The van der Waals surface area contributed by atoms with E-state index in [-0.39, 0.29) is 10.8 Å². The third kappa shape index (κ3) is 3.60. The molecular weight excluding hydrogens is 336 g/mol.